The van der Waals surface area contributed by atoms with Gasteiger partial charge < -0.3 is 10.3 Å². The van der Waals surface area contributed by atoms with E-state index < -0.39 is 34.0 Å². The van der Waals surface area contributed by atoms with Crippen molar-refractivity contribution in [3.8, 4) is 18.4 Å². The highest BCUT2D eigenvalue weighted by Gasteiger charge is 2.84. The van der Waals surface area contributed by atoms with Crippen LogP contribution >= 0.6 is 0 Å². The van der Waals surface area contributed by atoms with Crippen LogP contribution in [0.25, 0.3) is 10.9 Å². The molecule has 0 aliphatic carbocycles. The molecule has 2 amide bonds. The van der Waals surface area contributed by atoms with Gasteiger partial charge in [-0.25, -0.2) is 0 Å². The number of nitrogens with one attached hydrogen (secondary N) is 2. The standard InChI is InChI=1S/C32H23N5O3/c1-3-16-37-26-15-9-6-12-23(26)32(29(37)40)31(22-11-5-8-14-25(22)35-28(31)39)30(18-33,19-36(32)2)27(38)21-17-34-24-13-7-4-10-20(21)24/h1,4-15,17,34H,16,19H2,2H3,(H,35,39)/t30-,31+,32-/m0/s1. The van der Waals surface area contributed by atoms with Crippen LogP contribution in [0.3, 0.4) is 0 Å². The number of hydrogen-bond acceptors (Lipinski definition) is 5. The van der Waals surface area contributed by atoms with Gasteiger partial charge >= 0.3 is 0 Å². The SMILES string of the molecule is C#CCN1C(=O)[C@]2(c3ccccc31)N(C)C[C@@](C#N)(C(=O)c1c[nH]c3ccccc13)[C@@]21C(=O)Nc2ccccc21. The average molecular weight is 526 g/mol. The minimum atomic E-state index is -1.97. The number of ketones is 1. The first-order chi connectivity index (χ1) is 19.4. The molecule has 0 radical (unpaired) electrons. The molecule has 0 unspecified atom stereocenters. The Hall–Kier alpha value is -5.18. The van der Waals surface area contributed by atoms with Crippen molar-refractivity contribution in [2.75, 3.05) is 30.4 Å². The number of anilines is 2. The van der Waals surface area contributed by atoms with E-state index in [2.05, 4.69) is 22.3 Å². The molecular formula is C32H23N5O3. The molecule has 194 valence electrons. The van der Waals surface area contributed by atoms with E-state index in [9.17, 15) is 19.6 Å². The zero-order valence-electron chi connectivity index (χ0n) is 21.6. The van der Waals surface area contributed by atoms with E-state index in [0.29, 0.717) is 33.5 Å². The maximum absolute atomic E-state index is 14.9. The van der Waals surface area contributed by atoms with Gasteiger partial charge in [-0.2, -0.15) is 5.26 Å². The number of para-hydroxylation sites is 3. The van der Waals surface area contributed by atoms with Crippen molar-refractivity contribution < 1.29 is 14.4 Å². The predicted molar refractivity (Wildman–Crippen MR) is 149 cm³/mol. The fourth-order valence-corrected chi connectivity index (χ4v) is 7.54. The summed E-state index contributed by atoms with van der Waals surface area (Å²) in [6, 6.07) is 23.8. The Morgan fingerprint density at radius 1 is 1.02 bits per heavy atom. The molecule has 4 heterocycles. The van der Waals surface area contributed by atoms with Crippen LogP contribution in [0.4, 0.5) is 11.4 Å². The van der Waals surface area contributed by atoms with Gasteiger partial charge in [0, 0.05) is 40.5 Å². The number of carbonyl (C=O) groups excluding carboxylic acids is 3. The van der Waals surface area contributed by atoms with Gasteiger partial charge in [-0.15, -0.1) is 6.42 Å². The summed E-state index contributed by atoms with van der Waals surface area (Å²) in [5.41, 5.74) is -2.60. The third-order valence-corrected chi connectivity index (χ3v) is 8.95. The summed E-state index contributed by atoms with van der Waals surface area (Å²) in [7, 11) is 1.70. The first-order valence-electron chi connectivity index (χ1n) is 12.9. The van der Waals surface area contributed by atoms with Crippen molar-refractivity contribution in [3.63, 3.8) is 0 Å². The average Bonchev–Trinajstić information content (AvgIpc) is 3.67. The van der Waals surface area contributed by atoms with Crippen molar-refractivity contribution in [2.24, 2.45) is 5.41 Å². The zero-order chi connectivity index (χ0) is 27.9. The molecular weight excluding hydrogens is 502 g/mol. The van der Waals surface area contributed by atoms with Gasteiger partial charge in [0.25, 0.3) is 5.91 Å². The number of carbonyl (C=O) groups is 3. The summed E-state index contributed by atoms with van der Waals surface area (Å²) >= 11 is 0. The van der Waals surface area contributed by atoms with Gasteiger partial charge in [-0.1, -0.05) is 60.5 Å². The fourth-order valence-electron chi connectivity index (χ4n) is 7.54. The number of hydrogen-bond donors (Lipinski definition) is 2. The Morgan fingerprint density at radius 3 is 2.50 bits per heavy atom. The summed E-state index contributed by atoms with van der Waals surface area (Å²) in [5.74, 6) is 1.03. The quantitative estimate of drug-likeness (QED) is 0.314. The molecule has 8 nitrogen and oxygen atoms in total. The van der Waals surface area contributed by atoms with Crippen LogP contribution in [0.2, 0.25) is 0 Å². The van der Waals surface area contributed by atoms with E-state index in [-0.39, 0.29) is 13.1 Å². The number of H-pyrrole nitrogens is 1. The van der Waals surface area contributed by atoms with E-state index >= 15 is 0 Å². The van der Waals surface area contributed by atoms with Crippen LogP contribution < -0.4 is 10.2 Å². The molecule has 1 saturated heterocycles. The van der Waals surface area contributed by atoms with Gasteiger partial charge in [-0.05, 0) is 30.8 Å². The third-order valence-electron chi connectivity index (χ3n) is 8.95. The highest BCUT2D eigenvalue weighted by molar-refractivity contribution is 6.24. The number of nitrogens with zero attached hydrogens (tertiary/aromatic N) is 3. The minimum absolute atomic E-state index is 0.0271. The molecule has 3 atom stereocenters. The second-order valence-corrected chi connectivity index (χ2v) is 10.5. The second kappa shape index (κ2) is 7.92. The molecule has 3 aromatic carbocycles. The number of terminal acetylenes is 1. The number of aromatic nitrogens is 1. The van der Waals surface area contributed by atoms with Crippen LogP contribution in [0.5, 0.6) is 0 Å². The third kappa shape index (κ3) is 2.39. The van der Waals surface area contributed by atoms with Crippen LogP contribution in [-0.2, 0) is 20.5 Å². The topological polar surface area (TPSA) is 109 Å². The number of aromatic amines is 1. The minimum Gasteiger partial charge on any atom is -0.360 e. The van der Waals surface area contributed by atoms with Crippen LogP contribution in [0, 0.1) is 29.1 Å². The maximum atomic E-state index is 14.9. The molecule has 40 heavy (non-hydrogen) atoms. The van der Waals surface area contributed by atoms with Crippen molar-refractivity contribution in [1.29, 1.82) is 5.26 Å². The predicted octanol–water partition coefficient (Wildman–Crippen LogP) is 3.57. The number of fused-ring (bicyclic) bond motifs is 6. The Bertz CT molecular complexity index is 1880. The van der Waals surface area contributed by atoms with Gasteiger partial charge in [-0.3, -0.25) is 24.2 Å². The molecule has 2 N–H and O–H groups in total. The molecule has 8 heteroatoms. The molecule has 1 fully saturated rings. The van der Waals surface area contributed by atoms with Gasteiger partial charge in [0.1, 0.15) is 11.0 Å². The zero-order valence-corrected chi connectivity index (χ0v) is 21.6. The molecule has 7 rings (SSSR count). The molecule has 2 spiro atoms. The lowest BCUT2D eigenvalue weighted by Crippen LogP contribution is -2.65. The molecule has 3 aliphatic rings. The first kappa shape index (κ1) is 23.9. The summed E-state index contributed by atoms with van der Waals surface area (Å²) in [5, 5.41) is 14.7. The normalized spacial score (nSPS) is 26.6. The summed E-state index contributed by atoms with van der Waals surface area (Å²) in [4.78, 5) is 50.7. The monoisotopic (exact) mass is 525 g/mol. The van der Waals surface area contributed by atoms with E-state index in [4.69, 9.17) is 6.42 Å². The smallest absolute Gasteiger partial charge is 0.254 e. The number of nitriles is 1. The van der Waals surface area contributed by atoms with Crippen molar-refractivity contribution in [1.82, 2.24) is 9.88 Å². The van der Waals surface area contributed by atoms with E-state index in [1.807, 2.05) is 18.2 Å². The summed E-state index contributed by atoms with van der Waals surface area (Å²) < 4.78 is 0. The Labute approximate surface area is 230 Å². The molecule has 0 saturated carbocycles. The Kier molecular flexibility index (Phi) is 4.73. The van der Waals surface area contributed by atoms with Crippen LogP contribution in [-0.4, -0.2) is 47.6 Å². The van der Waals surface area contributed by atoms with Gasteiger partial charge in [0.15, 0.2) is 11.2 Å². The largest absolute Gasteiger partial charge is 0.360 e. The highest BCUT2D eigenvalue weighted by atomic mass is 16.2. The molecule has 3 aliphatic heterocycles. The molecule has 1 aromatic heterocycles. The lowest BCUT2D eigenvalue weighted by Gasteiger charge is -2.45. The lowest BCUT2D eigenvalue weighted by atomic mass is 9.51. The number of rotatable bonds is 3. The fraction of sp³-hybridized carbons (Fsp3) is 0.188. The number of benzene rings is 3. The number of amides is 2. The van der Waals surface area contributed by atoms with Crippen LogP contribution in [0.15, 0.2) is 79.0 Å². The Morgan fingerprint density at radius 2 is 1.73 bits per heavy atom. The van der Waals surface area contributed by atoms with Gasteiger partial charge in [0.05, 0.1) is 18.3 Å². The van der Waals surface area contributed by atoms with E-state index in [1.54, 1.807) is 72.7 Å². The van der Waals surface area contributed by atoms with Crippen molar-refractivity contribution >= 4 is 39.9 Å². The maximum Gasteiger partial charge on any atom is 0.254 e. The van der Waals surface area contributed by atoms with Crippen molar-refractivity contribution in [3.05, 3.63) is 95.7 Å². The highest BCUT2D eigenvalue weighted by Crippen LogP contribution is 2.69. The summed E-state index contributed by atoms with van der Waals surface area (Å²) in [6.07, 6.45) is 7.28. The van der Waals surface area contributed by atoms with Crippen LogP contribution in [0.1, 0.15) is 21.5 Å². The molecule has 4 aromatic rings. The van der Waals surface area contributed by atoms with E-state index in [0.717, 1.165) is 5.52 Å². The van der Waals surface area contributed by atoms with Crippen molar-refractivity contribution in [2.45, 2.75) is 11.0 Å². The summed E-state index contributed by atoms with van der Waals surface area (Å²) in [6.45, 7) is -0.186. The Balaban J connectivity index is 1.62. The number of likely N-dealkylation sites (N-methyl/N-ethyl adjacent to an activating group) is 1. The number of likely N-dealkylation sites (tertiary alicyclic amines) is 1. The van der Waals surface area contributed by atoms with Gasteiger partial charge in [0.2, 0.25) is 5.91 Å². The molecule has 0 bridgehead atoms. The van der Waals surface area contributed by atoms with E-state index in [1.165, 1.54) is 4.90 Å². The first-order valence-corrected chi connectivity index (χ1v) is 12.9. The second-order valence-electron chi connectivity index (χ2n) is 10.5. The number of Topliss-reactive ketones (excluding diaryl/α,β-unsaturated/α-hetero) is 1. The lowest BCUT2D eigenvalue weighted by molar-refractivity contribution is -0.138.